The number of hydrogen-bond donors (Lipinski definition) is 0. The van der Waals surface area contributed by atoms with Crippen molar-refractivity contribution in [2.24, 2.45) is 0 Å². The molecule has 0 amide bonds. The Morgan fingerprint density at radius 3 is 2.82 bits per heavy atom. The zero-order chi connectivity index (χ0) is 8.27. The second-order valence-electron chi connectivity index (χ2n) is 2.06. The summed E-state index contributed by atoms with van der Waals surface area (Å²) in [6.07, 6.45) is 0. The molecule has 0 aliphatic heterocycles. The largest absolute Gasteiger partial charge is 0.312 e. The maximum atomic E-state index is 6.63. The molecule has 0 aliphatic carbocycles. The lowest BCUT2D eigenvalue weighted by molar-refractivity contribution is 1.26. The molecule has 0 saturated heterocycles. The highest BCUT2D eigenvalue weighted by Gasteiger charge is 1.99. The fraction of sp³-hybridized carbons (Fsp3) is 0.125. The number of nitrogens with zero attached hydrogens (tertiary/aromatic N) is 1. The molecule has 56 valence electrons. The van der Waals surface area contributed by atoms with Crippen molar-refractivity contribution >= 4 is 27.5 Å². The van der Waals surface area contributed by atoms with Crippen LogP contribution in [0.3, 0.4) is 0 Å². The third-order valence-electron chi connectivity index (χ3n) is 1.25. The highest BCUT2D eigenvalue weighted by atomic mass is 79.9. The van der Waals surface area contributed by atoms with Crippen molar-refractivity contribution in [2.45, 2.75) is 6.54 Å². The number of halogens is 2. The zero-order valence-corrected chi connectivity index (χ0v) is 7.98. The van der Waals surface area contributed by atoms with Gasteiger partial charge in [-0.2, -0.15) is 0 Å². The van der Waals surface area contributed by atoms with Crippen molar-refractivity contribution < 1.29 is 0 Å². The standard InChI is InChI=1S/C8H5BrClN/c1-11-5-6-2-3-7(9)8(10)4-6/h2-4H,5H2. The van der Waals surface area contributed by atoms with Gasteiger partial charge in [-0.1, -0.05) is 17.7 Å². The molecule has 0 aliphatic rings. The Kier molecular flexibility index (Phi) is 2.92. The molecule has 0 aromatic heterocycles. The Morgan fingerprint density at radius 1 is 1.55 bits per heavy atom. The topological polar surface area (TPSA) is 4.36 Å². The summed E-state index contributed by atoms with van der Waals surface area (Å²) in [7, 11) is 0. The summed E-state index contributed by atoms with van der Waals surface area (Å²) in [6, 6.07) is 5.53. The minimum atomic E-state index is 0.396. The van der Waals surface area contributed by atoms with Gasteiger partial charge in [0.15, 0.2) is 0 Å². The Bertz CT molecular complexity index is 303. The van der Waals surface area contributed by atoms with E-state index in [1.807, 2.05) is 12.1 Å². The molecule has 1 nitrogen and oxygen atoms in total. The van der Waals surface area contributed by atoms with Gasteiger partial charge in [0.05, 0.1) is 5.02 Å². The molecule has 0 heterocycles. The Balaban J connectivity index is 2.98. The van der Waals surface area contributed by atoms with Crippen LogP contribution in [0.25, 0.3) is 4.85 Å². The molecule has 0 radical (unpaired) electrons. The number of rotatable bonds is 1. The third kappa shape index (κ3) is 2.21. The van der Waals surface area contributed by atoms with E-state index in [-0.39, 0.29) is 0 Å². The van der Waals surface area contributed by atoms with Gasteiger partial charge < -0.3 is 4.85 Å². The summed E-state index contributed by atoms with van der Waals surface area (Å²) >= 11 is 9.07. The molecular formula is C8H5BrClN. The third-order valence-corrected chi connectivity index (χ3v) is 2.48. The average Bonchev–Trinajstić information content (AvgIpc) is 1.98. The Hall–Kier alpha value is -0.520. The van der Waals surface area contributed by atoms with E-state index in [4.69, 9.17) is 18.2 Å². The van der Waals surface area contributed by atoms with Gasteiger partial charge in [-0.05, 0) is 28.1 Å². The SMILES string of the molecule is [C-]#[N+]Cc1ccc(Br)c(Cl)c1. The molecule has 0 unspecified atom stereocenters. The van der Waals surface area contributed by atoms with Crippen LogP contribution in [-0.4, -0.2) is 0 Å². The minimum Gasteiger partial charge on any atom is -0.312 e. The fourth-order valence-corrected chi connectivity index (χ4v) is 1.18. The van der Waals surface area contributed by atoms with Crippen molar-refractivity contribution in [3.8, 4) is 0 Å². The van der Waals surface area contributed by atoms with Crippen molar-refractivity contribution in [3.05, 3.63) is 44.7 Å². The van der Waals surface area contributed by atoms with Crippen LogP contribution < -0.4 is 0 Å². The molecule has 1 aromatic carbocycles. The van der Waals surface area contributed by atoms with E-state index in [0.717, 1.165) is 10.0 Å². The van der Waals surface area contributed by atoms with Crippen LogP contribution >= 0.6 is 27.5 Å². The molecule has 0 atom stereocenters. The van der Waals surface area contributed by atoms with Crippen molar-refractivity contribution in [1.82, 2.24) is 0 Å². The fourth-order valence-electron chi connectivity index (χ4n) is 0.729. The quantitative estimate of drug-likeness (QED) is 0.650. The van der Waals surface area contributed by atoms with Crippen LogP contribution in [0.1, 0.15) is 5.56 Å². The van der Waals surface area contributed by atoms with Crippen LogP contribution in [0, 0.1) is 6.57 Å². The molecule has 0 N–H and O–H groups in total. The van der Waals surface area contributed by atoms with Crippen LogP contribution in [0.15, 0.2) is 22.7 Å². The molecule has 0 bridgehead atoms. The first kappa shape index (κ1) is 8.58. The lowest BCUT2D eigenvalue weighted by atomic mass is 10.2. The van der Waals surface area contributed by atoms with Crippen molar-refractivity contribution in [1.29, 1.82) is 0 Å². The van der Waals surface area contributed by atoms with Gasteiger partial charge in [0, 0.05) is 10.0 Å². The Morgan fingerprint density at radius 2 is 2.27 bits per heavy atom. The number of hydrogen-bond acceptors (Lipinski definition) is 0. The van der Waals surface area contributed by atoms with E-state index < -0.39 is 0 Å². The predicted octanol–water partition coefficient (Wildman–Crippen LogP) is 3.52. The summed E-state index contributed by atoms with van der Waals surface area (Å²) in [5.74, 6) is 0. The van der Waals surface area contributed by atoms with Crippen LogP contribution in [0.5, 0.6) is 0 Å². The van der Waals surface area contributed by atoms with E-state index in [9.17, 15) is 0 Å². The molecule has 1 aromatic rings. The van der Waals surface area contributed by atoms with Gasteiger partial charge >= 0.3 is 0 Å². The highest BCUT2D eigenvalue weighted by molar-refractivity contribution is 9.10. The number of benzene rings is 1. The molecule has 1 rings (SSSR count). The smallest absolute Gasteiger partial charge is 0.239 e. The van der Waals surface area contributed by atoms with Crippen molar-refractivity contribution in [2.75, 3.05) is 0 Å². The van der Waals surface area contributed by atoms with E-state index in [1.54, 1.807) is 6.07 Å². The van der Waals surface area contributed by atoms with Gasteiger partial charge in [0.2, 0.25) is 6.54 Å². The van der Waals surface area contributed by atoms with Crippen LogP contribution in [0.4, 0.5) is 0 Å². The molecule has 3 heteroatoms. The first-order valence-electron chi connectivity index (χ1n) is 3.01. The van der Waals surface area contributed by atoms with E-state index in [0.29, 0.717) is 11.6 Å². The molecule has 11 heavy (non-hydrogen) atoms. The lowest BCUT2D eigenvalue weighted by Gasteiger charge is -1.95. The van der Waals surface area contributed by atoms with Gasteiger partial charge in [-0.3, -0.25) is 0 Å². The summed E-state index contributed by atoms with van der Waals surface area (Å²) in [6.45, 7) is 7.03. The van der Waals surface area contributed by atoms with E-state index in [1.165, 1.54) is 0 Å². The monoisotopic (exact) mass is 229 g/mol. The molecular weight excluding hydrogens is 225 g/mol. The van der Waals surface area contributed by atoms with Gasteiger partial charge in [0.1, 0.15) is 0 Å². The average molecular weight is 230 g/mol. The molecule has 0 spiro atoms. The summed E-state index contributed by atoms with van der Waals surface area (Å²) < 4.78 is 0.868. The maximum absolute atomic E-state index is 6.63. The summed E-state index contributed by atoms with van der Waals surface area (Å²) in [4.78, 5) is 3.25. The second kappa shape index (κ2) is 3.75. The first-order valence-corrected chi connectivity index (χ1v) is 4.18. The summed E-state index contributed by atoms with van der Waals surface area (Å²) in [5.41, 5.74) is 0.952. The van der Waals surface area contributed by atoms with Gasteiger partial charge in [-0.15, -0.1) is 0 Å². The van der Waals surface area contributed by atoms with Gasteiger partial charge in [0.25, 0.3) is 0 Å². The summed E-state index contributed by atoms with van der Waals surface area (Å²) in [5, 5.41) is 0.658. The maximum Gasteiger partial charge on any atom is 0.239 e. The minimum absolute atomic E-state index is 0.396. The normalized spacial score (nSPS) is 9.18. The predicted molar refractivity (Wildman–Crippen MR) is 49.5 cm³/mol. The molecule has 0 fully saturated rings. The van der Waals surface area contributed by atoms with E-state index >= 15 is 0 Å². The van der Waals surface area contributed by atoms with Crippen molar-refractivity contribution in [3.63, 3.8) is 0 Å². The van der Waals surface area contributed by atoms with Gasteiger partial charge in [-0.25, -0.2) is 6.57 Å². The zero-order valence-electron chi connectivity index (χ0n) is 5.64. The molecule has 0 saturated carbocycles. The highest BCUT2D eigenvalue weighted by Crippen LogP contribution is 2.23. The second-order valence-corrected chi connectivity index (χ2v) is 3.33. The lowest BCUT2D eigenvalue weighted by Crippen LogP contribution is -1.78. The Labute approximate surface area is 78.9 Å². The van der Waals surface area contributed by atoms with E-state index in [2.05, 4.69) is 20.8 Å². The van der Waals surface area contributed by atoms with Crippen LogP contribution in [0.2, 0.25) is 5.02 Å². The first-order chi connectivity index (χ1) is 5.24. The van der Waals surface area contributed by atoms with Crippen LogP contribution in [-0.2, 0) is 6.54 Å².